The van der Waals surface area contributed by atoms with E-state index < -0.39 is 11.4 Å². The van der Waals surface area contributed by atoms with Crippen molar-refractivity contribution in [1.82, 2.24) is 0 Å². The molecular weight excluding hydrogens is 179 g/mol. The molecule has 0 aliphatic rings. The fraction of sp³-hybridized carbons (Fsp3) is 0.200. The Balaban J connectivity index is 0. The third-order valence-corrected chi connectivity index (χ3v) is 0.888. The van der Waals surface area contributed by atoms with E-state index in [0.717, 1.165) is 6.26 Å². The SMILES string of the molecule is C=CC(C)=COS(=O)[O-].[K+]. The number of hydrogen-bond acceptors (Lipinski definition) is 3. The van der Waals surface area contributed by atoms with Gasteiger partial charge in [-0.15, -0.1) is 0 Å². The van der Waals surface area contributed by atoms with Gasteiger partial charge in [-0.25, -0.2) is 4.21 Å². The van der Waals surface area contributed by atoms with Crippen LogP contribution in [0.2, 0.25) is 0 Å². The van der Waals surface area contributed by atoms with Crippen molar-refractivity contribution in [2.24, 2.45) is 0 Å². The zero-order valence-corrected chi connectivity index (χ0v) is 9.93. The molecule has 0 amide bonds. The molecule has 0 aliphatic carbocycles. The van der Waals surface area contributed by atoms with Crippen LogP contribution in [-0.2, 0) is 15.5 Å². The van der Waals surface area contributed by atoms with E-state index in [1.165, 1.54) is 6.08 Å². The molecule has 0 aromatic carbocycles. The van der Waals surface area contributed by atoms with Crippen LogP contribution in [-0.4, -0.2) is 8.76 Å². The summed E-state index contributed by atoms with van der Waals surface area (Å²) in [7, 11) is 0. The largest absolute Gasteiger partial charge is 1.00 e. The Morgan fingerprint density at radius 1 is 1.80 bits per heavy atom. The van der Waals surface area contributed by atoms with Crippen LogP contribution in [0.5, 0.6) is 0 Å². The number of allylic oxidation sites excluding steroid dienone is 2. The summed E-state index contributed by atoms with van der Waals surface area (Å²) in [5.41, 5.74) is 0.666. The Morgan fingerprint density at radius 3 is 2.60 bits per heavy atom. The summed E-state index contributed by atoms with van der Waals surface area (Å²) in [5.74, 6) is 0. The summed E-state index contributed by atoms with van der Waals surface area (Å²) in [6.45, 7) is 5.07. The van der Waals surface area contributed by atoms with Gasteiger partial charge in [0.05, 0.1) is 0 Å². The third kappa shape index (κ3) is 9.03. The predicted octanol–water partition coefficient (Wildman–Crippen LogP) is -2.11. The average molecular weight is 186 g/mol. The normalized spacial score (nSPS) is 13.2. The van der Waals surface area contributed by atoms with E-state index in [0.29, 0.717) is 5.57 Å². The Morgan fingerprint density at radius 2 is 2.30 bits per heavy atom. The van der Waals surface area contributed by atoms with Crippen molar-refractivity contribution in [3.05, 3.63) is 24.5 Å². The van der Waals surface area contributed by atoms with Crippen molar-refractivity contribution in [1.29, 1.82) is 0 Å². The van der Waals surface area contributed by atoms with Crippen molar-refractivity contribution in [3.8, 4) is 0 Å². The summed E-state index contributed by atoms with van der Waals surface area (Å²) in [4.78, 5) is 0. The second-order valence-corrected chi connectivity index (χ2v) is 1.97. The molecule has 0 aromatic heterocycles. The van der Waals surface area contributed by atoms with Crippen LogP contribution in [0.4, 0.5) is 0 Å². The first-order valence-corrected chi connectivity index (χ1v) is 3.22. The van der Waals surface area contributed by atoms with E-state index in [1.54, 1.807) is 6.92 Å². The minimum atomic E-state index is -2.46. The maximum absolute atomic E-state index is 9.72. The molecule has 0 saturated carbocycles. The van der Waals surface area contributed by atoms with Gasteiger partial charge in [-0.05, 0) is 12.5 Å². The first kappa shape index (κ1) is 13.6. The first-order valence-electron chi connectivity index (χ1n) is 2.22. The monoisotopic (exact) mass is 186 g/mol. The van der Waals surface area contributed by atoms with Gasteiger partial charge in [0.25, 0.3) is 0 Å². The van der Waals surface area contributed by atoms with Crippen LogP contribution in [0, 0.1) is 0 Å². The minimum absolute atomic E-state index is 0. The predicted molar refractivity (Wildman–Crippen MR) is 34.0 cm³/mol. The van der Waals surface area contributed by atoms with E-state index in [9.17, 15) is 8.76 Å². The summed E-state index contributed by atoms with van der Waals surface area (Å²) in [6.07, 6.45) is 2.60. The molecule has 0 aromatic rings. The fourth-order valence-corrected chi connectivity index (χ4v) is 0.394. The molecule has 1 atom stereocenters. The molecule has 0 fully saturated rings. The van der Waals surface area contributed by atoms with Gasteiger partial charge in [-0.3, -0.25) is 0 Å². The van der Waals surface area contributed by atoms with E-state index in [2.05, 4.69) is 10.8 Å². The molecule has 0 heterocycles. The van der Waals surface area contributed by atoms with Crippen molar-refractivity contribution in [3.63, 3.8) is 0 Å². The molecule has 0 rings (SSSR count). The molecule has 3 nitrogen and oxygen atoms in total. The summed E-state index contributed by atoms with van der Waals surface area (Å²) < 4.78 is 23.5. The molecule has 5 heteroatoms. The van der Waals surface area contributed by atoms with Crippen molar-refractivity contribution in [2.45, 2.75) is 6.92 Å². The first-order chi connectivity index (χ1) is 4.16. The molecule has 0 aliphatic heterocycles. The van der Waals surface area contributed by atoms with Crippen molar-refractivity contribution < 1.29 is 64.3 Å². The Labute approximate surface area is 105 Å². The van der Waals surface area contributed by atoms with Crippen LogP contribution in [0.25, 0.3) is 0 Å². The van der Waals surface area contributed by atoms with Crippen LogP contribution in [0.1, 0.15) is 6.92 Å². The molecule has 10 heavy (non-hydrogen) atoms. The summed E-state index contributed by atoms with van der Waals surface area (Å²) >= 11 is -2.46. The number of rotatable bonds is 3. The Hall–Kier alpha value is 1.03. The van der Waals surface area contributed by atoms with Gasteiger partial charge < -0.3 is 8.74 Å². The smallest absolute Gasteiger partial charge is 0.740 e. The van der Waals surface area contributed by atoms with Crippen LogP contribution >= 0.6 is 0 Å². The average Bonchev–Trinajstić information content (AvgIpc) is 1.83. The van der Waals surface area contributed by atoms with Gasteiger partial charge >= 0.3 is 51.4 Å². The molecule has 52 valence electrons. The van der Waals surface area contributed by atoms with E-state index >= 15 is 0 Å². The van der Waals surface area contributed by atoms with E-state index in [1.807, 2.05) is 0 Å². The summed E-state index contributed by atoms with van der Waals surface area (Å²) in [5, 5.41) is 0. The minimum Gasteiger partial charge on any atom is -0.740 e. The van der Waals surface area contributed by atoms with E-state index in [-0.39, 0.29) is 51.4 Å². The van der Waals surface area contributed by atoms with Crippen molar-refractivity contribution in [2.75, 3.05) is 0 Å². The Bertz CT molecular complexity index is 155. The Kier molecular flexibility index (Phi) is 11.1. The quantitative estimate of drug-likeness (QED) is 0.219. The molecule has 0 saturated heterocycles. The van der Waals surface area contributed by atoms with Gasteiger partial charge in [0, 0.05) is 0 Å². The second-order valence-electron chi connectivity index (χ2n) is 1.37. The maximum Gasteiger partial charge on any atom is 1.00 e. The third-order valence-electron chi connectivity index (χ3n) is 0.635. The number of hydrogen-bond donors (Lipinski definition) is 0. The fourth-order valence-electron chi connectivity index (χ4n) is 0.163. The zero-order chi connectivity index (χ0) is 7.28. The molecular formula is C5H7KO3S. The van der Waals surface area contributed by atoms with Gasteiger partial charge in [0.1, 0.15) is 17.6 Å². The molecule has 0 radical (unpaired) electrons. The molecule has 0 N–H and O–H groups in total. The van der Waals surface area contributed by atoms with Gasteiger partial charge in [-0.2, -0.15) is 0 Å². The topological polar surface area (TPSA) is 49.4 Å². The molecule has 0 bridgehead atoms. The van der Waals surface area contributed by atoms with E-state index in [4.69, 9.17) is 0 Å². The van der Waals surface area contributed by atoms with Crippen LogP contribution in [0.3, 0.4) is 0 Å². The zero-order valence-electron chi connectivity index (χ0n) is 5.99. The maximum atomic E-state index is 9.72. The van der Waals surface area contributed by atoms with Crippen LogP contribution < -0.4 is 51.4 Å². The second kappa shape index (κ2) is 8.13. The van der Waals surface area contributed by atoms with Gasteiger partial charge in [0.2, 0.25) is 0 Å². The van der Waals surface area contributed by atoms with Crippen molar-refractivity contribution >= 4 is 11.4 Å². The van der Waals surface area contributed by atoms with Gasteiger partial charge in [-0.1, -0.05) is 12.7 Å². The standard InChI is InChI=1S/C5H8O3S.K/c1-3-5(2)4-8-9(6)7;/h3-4H,1H2,2H3,(H,6,7);/q;+1/p-1. The summed E-state index contributed by atoms with van der Waals surface area (Å²) in [6, 6.07) is 0. The van der Waals surface area contributed by atoms with Crippen LogP contribution in [0.15, 0.2) is 24.5 Å². The molecule has 0 spiro atoms. The van der Waals surface area contributed by atoms with Gasteiger partial charge in [0.15, 0.2) is 0 Å². The molecule has 1 unspecified atom stereocenters.